The molecular weight excluding hydrogens is 631 g/mol. The number of amides is 1. The molecule has 10 nitrogen and oxygen atoms in total. The van der Waals surface area contributed by atoms with E-state index in [1.807, 2.05) is 0 Å². The number of carboxylic acid groups (broad SMARTS) is 1. The minimum atomic E-state index is -4.94. The van der Waals surface area contributed by atoms with E-state index in [-0.39, 0.29) is 22.2 Å². The molecule has 43 heavy (non-hydrogen) atoms. The smallest absolute Gasteiger partial charge is 0.421 e. The van der Waals surface area contributed by atoms with E-state index >= 15 is 0 Å². The van der Waals surface area contributed by atoms with Crippen molar-refractivity contribution in [1.29, 1.82) is 0 Å². The molecule has 0 fully saturated rings. The lowest BCUT2D eigenvalue weighted by Crippen LogP contribution is -2.48. The molecule has 0 aliphatic heterocycles. The molecule has 1 aromatic carbocycles. The first-order valence-electron chi connectivity index (χ1n) is 12.5. The Bertz CT molecular complexity index is 1790. The second-order valence-electron chi connectivity index (χ2n) is 10.8. The quantitative estimate of drug-likeness (QED) is 0.152. The molecule has 0 aliphatic rings. The van der Waals surface area contributed by atoms with Gasteiger partial charge in [-0.25, -0.2) is 9.78 Å². The SMILES string of the molecule is CC(C)(C)NS(=O)(=O)NC(c1cc2cccc(-c3cc([C@](C)(O)C(F)(F)F)ccn3)c2s1)c1nc(NC(=O)O)ccc1Cl. The van der Waals surface area contributed by atoms with Gasteiger partial charge < -0.3 is 10.2 Å². The number of hydrogen-bond donors (Lipinski definition) is 5. The number of pyridine rings is 2. The van der Waals surface area contributed by atoms with Crippen LogP contribution in [0.25, 0.3) is 21.3 Å². The Morgan fingerprint density at radius 1 is 1.07 bits per heavy atom. The topological polar surface area (TPSA) is 154 Å². The number of fused-ring (bicyclic) bond motifs is 1. The molecule has 5 N–H and O–H groups in total. The highest BCUT2D eigenvalue weighted by atomic mass is 35.5. The van der Waals surface area contributed by atoms with Gasteiger partial charge in [-0.2, -0.15) is 31.0 Å². The summed E-state index contributed by atoms with van der Waals surface area (Å²) >= 11 is 7.56. The van der Waals surface area contributed by atoms with Crippen LogP contribution in [0.1, 0.15) is 49.9 Å². The highest BCUT2D eigenvalue weighted by molar-refractivity contribution is 7.87. The molecule has 4 rings (SSSR count). The van der Waals surface area contributed by atoms with Gasteiger partial charge in [-0.15, -0.1) is 11.3 Å². The normalized spacial score (nSPS) is 14.8. The van der Waals surface area contributed by atoms with Gasteiger partial charge in [0.1, 0.15) is 11.9 Å². The summed E-state index contributed by atoms with van der Waals surface area (Å²) in [6, 6.07) is 10.4. The maximum Gasteiger partial charge on any atom is 0.421 e. The van der Waals surface area contributed by atoms with E-state index in [1.54, 1.807) is 45.0 Å². The van der Waals surface area contributed by atoms with Crippen LogP contribution in [0.2, 0.25) is 5.02 Å². The van der Waals surface area contributed by atoms with Crippen molar-refractivity contribution in [2.24, 2.45) is 0 Å². The van der Waals surface area contributed by atoms with E-state index in [0.717, 1.165) is 29.7 Å². The summed E-state index contributed by atoms with van der Waals surface area (Å²) in [5.74, 6) is -0.0978. The number of nitrogens with one attached hydrogen (secondary N) is 3. The maximum absolute atomic E-state index is 13.5. The van der Waals surface area contributed by atoms with Crippen molar-refractivity contribution >= 4 is 55.1 Å². The Kier molecular flexibility index (Phi) is 8.81. The molecule has 4 aromatic rings. The zero-order chi connectivity index (χ0) is 32.0. The van der Waals surface area contributed by atoms with Gasteiger partial charge in [0.25, 0.3) is 10.2 Å². The molecule has 1 unspecified atom stereocenters. The molecule has 3 aromatic heterocycles. The third kappa shape index (κ3) is 7.42. The highest BCUT2D eigenvalue weighted by Crippen LogP contribution is 2.42. The van der Waals surface area contributed by atoms with Crippen molar-refractivity contribution in [3.63, 3.8) is 0 Å². The molecule has 230 valence electrons. The molecule has 0 bridgehead atoms. The predicted molar refractivity (Wildman–Crippen MR) is 158 cm³/mol. The largest absolute Gasteiger partial charge is 0.465 e. The molecule has 16 heteroatoms. The summed E-state index contributed by atoms with van der Waals surface area (Å²) < 4.78 is 72.6. The fourth-order valence-corrected chi connectivity index (χ4v) is 7.09. The molecule has 0 saturated heterocycles. The van der Waals surface area contributed by atoms with Crippen molar-refractivity contribution in [1.82, 2.24) is 19.4 Å². The number of hydrogen-bond acceptors (Lipinski definition) is 7. The number of nitrogens with zero attached hydrogens (tertiary/aromatic N) is 2. The summed E-state index contributed by atoms with van der Waals surface area (Å²) in [4.78, 5) is 20.1. The van der Waals surface area contributed by atoms with Gasteiger partial charge in [0, 0.05) is 26.9 Å². The van der Waals surface area contributed by atoms with E-state index in [4.69, 9.17) is 16.7 Å². The lowest BCUT2D eigenvalue weighted by molar-refractivity contribution is -0.258. The van der Waals surface area contributed by atoms with Gasteiger partial charge in [0.15, 0.2) is 5.60 Å². The van der Waals surface area contributed by atoms with Crippen LogP contribution < -0.4 is 14.8 Å². The van der Waals surface area contributed by atoms with Crippen molar-refractivity contribution in [2.45, 2.75) is 51.1 Å². The second kappa shape index (κ2) is 11.6. The van der Waals surface area contributed by atoms with E-state index in [0.29, 0.717) is 27.5 Å². The lowest BCUT2D eigenvalue weighted by Gasteiger charge is -2.26. The third-order valence-electron chi connectivity index (χ3n) is 6.09. The standard InChI is InChI=1S/C27H27ClF3N5O5S2/c1-25(2,3)36-43(40,41)35-22(21-17(28)8-9-20(33-21)34-24(37)38)19-12-14-6-5-7-16(23(14)42-19)18-13-15(10-11-32-18)26(4,39)27(29,30)31/h5-13,22,35-36,39H,1-4H3,(H,33,34)(H,37,38)/t22?,26-/m0/s1. The number of carbonyl (C=O) groups is 1. The first kappa shape index (κ1) is 32.6. The number of halogens is 4. The Morgan fingerprint density at radius 2 is 1.77 bits per heavy atom. The minimum Gasteiger partial charge on any atom is -0.465 e. The van der Waals surface area contributed by atoms with Crippen LogP contribution in [0, 0.1) is 0 Å². The van der Waals surface area contributed by atoms with Gasteiger partial charge in [-0.05, 0) is 69.0 Å². The summed E-state index contributed by atoms with van der Waals surface area (Å²) in [5, 5.41) is 22.1. The van der Waals surface area contributed by atoms with Gasteiger partial charge in [-0.1, -0.05) is 29.8 Å². The number of aromatic nitrogens is 2. The maximum atomic E-state index is 13.5. The Morgan fingerprint density at radius 3 is 2.40 bits per heavy atom. The summed E-state index contributed by atoms with van der Waals surface area (Å²) in [5.41, 5.74) is -3.81. The second-order valence-corrected chi connectivity index (χ2v) is 13.7. The first-order chi connectivity index (χ1) is 19.8. The van der Waals surface area contributed by atoms with Gasteiger partial charge in [0.2, 0.25) is 0 Å². The van der Waals surface area contributed by atoms with Crippen LogP contribution in [0.3, 0.4) is 0 Å². The van der Waals surface area contributed by atoms with Crippen LogP contribution in [0.5, 0.6) is 0 Å². The number of aliphatic hydroxyl groups is 1. The van der Waals surface area contributed by atoms with Crippen LogP contribution in [-0.2, 0) is 15.8 Å². The van der Waals surface area contributed by atoms with Gasteiger partial charge >= 0.3 is 12.3 Å². The number of rotatable bonds is 8. The Hall–Kier alpha value is -3.34. The van der Waals surface area contributed by atoms with Crippen LogP contribution >= 0.6 is 22.9 Å². The Labute approximate surface area is 254 Å². The summed E-state index contributed by atoms with van der Waals surface area (Å²) in [6.07, 6.45) is -5.16. The average molecular weight is 658 g/mol. The van der Waals surface area contributed by atoms with Gasteiger partial charge in [-0.3, -0.25) is 10.3 Å². The molecule has 0 aliphatic carbocycles. The average Bonchev–Trinajstić information content (AvgIpc) is 3.30. The lowest BCUT2D eigenvalue weighted by atomic mass is 9.94. The predicted octanol–water partition coefficient (Wildman–Crippen LogP) is 6.18. The molecule has 0 radical (unpaired) electrons. The van der Waals surface area contributed by atoms with E-state index < -0.39 is 45.2 Å². The zero-order valence-electron chi connectivity index (χ0n) is 23.1. The molecule has 3 heterocycles. The van der Waals surface area contributed by atoms with Crippen molar-refractivity contribution in [2.75, 3.05) is 5.32 Å². The number of anilines is 1. The molecule has 0 saturated carbocycles. The summed E-state index contributed by atoms with van der Waals surface area (Å²) in [7, 11) is -4.20. The molecular formula is C27H27ClF3N5O5S2. The minimum absolute atomic E-state index is 0.00153. The zero-order valence-corrected chi connectivity index (χ0v) is 25.5. The van der Waals surface area contributed by atoms with E-state index in [9.17, 15) is 31.5 Å². The number of benzene rings is 1. The highest BCUT2D eigenvalue weighted by Gasteiger charge is 2.51. The fourth-order valence-electron chi connectivity index (χ4n) is 4.15. The number of alkyl halides is 3. The summed E-state index contributed by atoms with van der Waals surface area (Å²) in [6.45, 7) is 5.59. The third-order valence-corrected chi connectivity index (χ3v) is 9.09. The van der Waals surface area contributed by atoms with E-state index in [2.05, 4.69) is 24.7 Å². The molecule has 1 amide bonds. The van der Waals surface area contributed by atoms with Crippen molar-refractivity contribution in [3.8, 4) is 11.3 Å². The van der Waals surface area contributed by atoms with Crippen molar-refractivity contribution in [3.05, 3.63) is 75.9 Å². The Balaban J connectivity index is 1.88. The first-order valence-corrected chi connectivity index (χ1v) is 15.2. The van der Waals surface area contributed by atoms with Crippen LogP contribution in [-0.4, -0.2) is 46.4 Å². The van der Waals surface area contributed by atoms with E-state index in [1.165, 1.54) is 12.1 Å². The monoisotopic (exact) mass is 657 g/mol. The van der Waals surface area contributed by atoms with Crippen LogP contribution in [0.4, 0.5) is 23.8 Å². The number of thiophene rings is 1. The molecule has 0 spiro atoms. The van der Waals surface area contributed by atoms with Gasteiger partial charge in [0.05, 0.1) is 16.4 Å². The molecule has 2 atom stereocenters. The fraction of sp³-hybridized carbons (Fsp3) is 0.296. The van der Waals surface area contributed by atoms with Crippen molar-refractivity contribution < 1.29 is 36.6 Å². The van der Waals surface area contributed by atoms with Crippen LogP contribution in [0.15, 0.2) is 54.7 Å².